The van der Waals surface area contributed by atoms with Crippen molar-refractivity contribution in [2.75, 3.05) is 36.4 Å². The maximum Gasteiger partial charge on any atom is 0.228 e. The van der Waals surface area contributed by atoms with Crippen LogP contribution in [0.4, 0.5) is 20.9 Å². The fraction of sp³-hybridized carbons (Fsp3) is 0.238. The predicted molar refractivity (Wildman–Crippen MR) is 116 cm³/mol. The second-order valence-corrected chi connectivity index (χ2v) is 8.09. The fourth-order valence-corrected chi connectivity index (χ4v) is 4.09. The molecule has 2 heterocycles. The van der Waals surface area contributed by atoms with Crippen LogP contribution in [0.1, 0.15) is 5.69 Å². The smallest absolute Gasteiger partial charge is 0.228 e. The first-order valence-electron chi connectivity index (χ1n) is 9.32. The topological polar surface area (TPSA) is 48.5 Å². The number of hydrogen-bond acceptors (Lipinski definition) is 5. The van der Waals surface area contributed by atoms with E-state index in [0.717, 1.165) is 35.2 Å². The molecule has 1 amide bonds. The Morgan fingerprint density at radius 2 is 1.76 bits per heavy atom. The summed E-state index contributed by atoms with van der Waals surface area (Å²) in [6.45, 7) is 2.96. The molecule has 1 N–H and O–H groups in total. The van der Waals surface area contributed by atoms with Gasteiger partial charge in [0.05, 0.1) is 12.1 Å². The molecular weight excluding hydrogens is 411 g/mol. The molecule has 1 aliphatic heterocycles. The number of nitrogens with zero attached hydrogens (tertiary/aromatic N) is 3. The molecule has 0 aliphatic carbocycles. The summed E-state index contributed by atoms with van der Waals surface area (Å²) in [5.74, 6) is -0.198. The Balaban J connectivity index is 1.29. The van der Waals surface area contributed by atoms with Gasteiger partial charge in [-0.3, -0.25) is 4.79 Å². The number of benzene rings is 2. The van der Waals surface area contributed by atoms with Crippen LogP contribution in [0.3, 0.4) is 0 Å². The van der Waals surface area contributed by atoms with Crippen molar-refractivity contribution < 1.29 is 9.18 Å². The van der Waals surface area contributed by atoms with E-state index in [0.29, 0.717) is 18.2 Å². The average molecular weight is 431 g/mol. The first-order valence-corrected chi connectivity index (χ1v) is 10.6. The van der Waals surface area contributed by atoms with Gasteiger partial charge in [0.2, 0.25) is 5.91 Å². The zero-order valence-electron chi connectivity index (χ0n) is 15.6. The third-order valence-corrected chi connectivity index (χ3v) is 5.86. The molecule has 4 rings (SSSR count). The zero-order valence-corrected chi connectivity index (χ0v) is 17.2. The molecule has 0 atom stereocenters. The Hall–Kier alpha value is -2.64. The molecule has 1 fully saturated rings. The minimum Gasteiger partial charge on any atom is -0.368 e. The molecule has 0 unspecified atom stereocenters. The van der Waals surface area contributed by atoms with E-state index >= 15 is 0 Å². The molecule has 29 heavy (non-hydrogen) atoms. The summed E-state index contributed by atoms with van der Waals surface area (Å²) >= 11 is 7.38. The van der Waals surface area contributed by atoms with Gasteiger partial charge in [0, 0.05) is 48.0 Å². The normalized spacial score (nSPS) is 14.1. The zero-order chi connectivity index (χ0) is 20.2. The number of halogens is 2. The summed E-state index contributed by atoms with van der Waals surface area (Å²) in [5.41, 5.74) is 2.62. The van der Waals surface area contributed by atoms with Crippen LogP contribution in [0.2, 0.25) is 5.02 Å². The molecule has 1 aromatic heterocycles. The fourth-order valence-electron chi connectivity index (χ4n) is 3.23. The van der Waals surface area contributed by atoms with Crippen LogP contribution >= 0.6 is 22.9 Å². The van der Waals surface area contributed by atoms with Crippen LogP contribution in [0, 0.1) is 5.82 Å². The lowest BCUT2D eigenvalue weighted by molar-refractivity contribution is -0.130. The maximum absolute atomic E-state index is 13.0. The highest BCUT2D eigenvalue weighted by atomic mass is 35.5. The highest BCUT2D eigenvalue weighted by Gasteiger charge is 2.22. The molecule has 150 valence electrons. The molecule has 0 spiro atoms. The summed E-state index contributed by atoms with van der Waals surface area (Å²) in [6.07, 6.45) is 0.280. The third kappa shape index (κ3) is 5.05. The minimum absolute atomic E-state index is 0.0828. The lowest BCUT2D eigenvalue weighted by Gasteiger charge is -2.36. The van der Waals surface area contributed by atoms with Crippen molar-refractivity contribution >= 4 is 45.4 Å². The van der Waals surface area contributed by atoms with Gasteiger partial charge >= 0.3 is 0 Å². The summed E-state index contributed by atoms with van der Waals surface area (Å²) in [4.78, 5) is 21.3. The van der Waals surface area contributed by atoms with Gasteiger partial charge < -0.3 is 15.1 Å². The molecule has 8 heteroatoms. The van der Waals surface area contributed by atoms with Gasteiger partial charge in [0.15, 0.2) is 5.13 Å². The average Bonchev–Trinajstić information content (AvgIpc) is 3.17. The molecule has 1 aliphatic rings. The van der Waals surface area contributed by atoms with Gasteiger partial charge in [-0.15, -0.1) is 11.3 Å². The van der Waals surface area contributed by atoms with E-state index in [4.69, 9.17) is 11.6 Å². The Morgan fingerprint density at radius 1 is 1.07 bits per heavy atom. The van der Waals surface area contributed by atoms with E-state index in [1.807, 2.05) is 34.5 Å². The first-order chi connectivity index (χ1) is 14.1. The molecule has 0 bridgehead atoms. The third-order valence-electron chi connectivity index (χ3n) is 4.80. The molecule has 2 aromatic carbocycles. The number of hydrogen-bond donors (Lipinski definition) is 1. The Bertz CT molecular complexity index is 969. The summed E-state index contributed by atoms with van der Waals surface area (Å²) in [6, 6.07) is 13.9. The summed E-state index contributed by atoms with van der Waals surface area (Å²) in [7, 11) is 0. The molecular formula is C21H20ClFN4OS. The second kappa shape index (κ2) is 8.80. The minimum atomic E-state index is -0.280. The van der Waals surface area contributed by atoms with E-state index in [-0.39, 0.29) is 18.1 Å². The van der Waals surface area contributed by atoms with E-state index in [1.54, 1.807) is 12.1 Å². The van der Waals surface area contributed by atoms with E-state index in [1.165, 1.54) is 23.5 Å². The number of anilines is 3. The van der Waals surface area contributed by atoms with Crippen LogP contribution in [0.5, 0.6) is 0 Å². The molecule has 1 saturated heterocycles. The van der Waals surface area contributed by atoms with Crippen molar-refractivity contribution in [1.82, 2.24) is 9.88 Å². The van der Waals surface area contributed by atoms with Crippen molar-refractivity contribution in [1.29, 1.82) is 0 Å². The monoisotopic (exact) mass is 430 g/mol. The van der Waals surface area contributed by atoms with Gasteiger partial charge in [-0.25, -0.2) is 9.37 Å². The maximum atomic E-state index is 13.0. The quantitative estimate of drug-likeness (QED) is 0.644. The van der Waals surface area contributed by atoms with Gasteiger partial charge in [-0.2, -0.15) is 0 Å². The van der Waals surface area contributed by atoms with Gasteiger partial charge in [-0.1, -0.05) is 11.6 Å². The number of nitrogens with one attached hydrogen (secondary N) is 1. The molecule has 5 nitrogen and oxygen atoms in total. The van der Waals surface area contributed by atoms with E-state index in [9.17, 15) is 9.18 Å². The molecule has 0 saturated carbocycles. The van der Waals surface area contributed by atoms with Crippen LogP contribution in [-0.2, 0) is 11.2 Å². The number of thiazole rings is 1. The van der Waals surface area contributed by atoms with Crippen molar-refractivity contribution in [3.05, 3.63) is 70.4 Å². The van der Waals surface area contributed by atoms with Crippen molar-refractivity contribution in [3.63, 3.8) is 0 Å². The van der Waals surface area contributed by atoms with Crippen LogP contribution < -0.4 is 10.2 Å². The number of rotatable bonds is 5. The predicted octanol–water partition coefficient (Wildman–Crippen LogP) is 4.57. The number of aromatic nitrogens is 1. The van der Waals surface area contributed by atoms with Gasteiger partial charge in [0.25, 0.3) is 0 Å². The Labute approximate surface area is 177 Å². The van der Waals surface area contributed by atoms with E-state index < -0.39 is 0 Å². The lowest BCUT2D eigenvalue weighted by atomic mass is 10.2. The Kier molecular flexibility index (Phi) is 5.97. The number of amides is 1. The van der Waals surface area contributed by atoms with E-state index in [2.05, 4.69) is 15.2 Å². The van der Waals surface area contributed by atoms with Crippen molar-refractivity contribution in [3.8, 4) is 0 Å². The van der Waals surface area contributed by atoms with Gasteiger partial charge in [0.1, 0.15) is 5.82 Å². The van der Waals surface area contributed by atoms with Gasteiger partial charge in [-0.05, 0) is 48.5 Å². The highest BCUT2D eigenvalue weighted by molar-refractivity contribution is 7.13. The SMILES string of the molecule is O=C(Cc1csc(Nc2ccc(F)cc2)n1)N1CCN(c2ccc(Cl)cc2)CC1. The highest BCUT2D eigenvalue weighted by Crippen LogP contribution is 2.23. The summed E-state index contributed by atoms with van der Waals surface area (Å²) < 4.78 is 13.0. The largest absolute Gasteiger partial charge is 0.368 e. The Morgan fingerprint density at radius 3 is 2.45 bits per heavy atom. The molecule has 0 radical (unpaired) electrons. The van der Waals surface area contributed by atoms with Crippen LogP contribution in [-0.4, -0.2) is 42.0 Å². The van der Waals surface area contributed by atoms with Crippen molar-refractivity contribution in [2.45, 2.75) is 6.42 Å². The number of carbonyl (C=O) groups excluding carboxylic acids is 1. The number of carbonyl (C=O) groups is 1. The lowest BCUT2D eigenvalue weighted by Crippen LogP contribution is -2.49. The first kappa shape index (κ1) is 19.7. The van der Waals surface area contributed by atoms with Crippen LogP contribution in [0.25, 0.3) is 0 Å². The standard InChI is InChI=1S/C21H20ClFN4OS/c22-15-1-7-19(8-2-15)26-9-11-27(12-10-26)20(28)13-18-14-29-21(25-18)24-17-5-3-16(23)4-6-17/h1-8,14H,9-13H2,(H,24,25). The summed E-state index contributed by atoms with van der Waals surface area (Å²) in [5, 5.41) is 6.42. The number of piperazine rings is 1. The van der Waals surface area contributed by atoms with Crippen LogP contribution in [0.15, 0.2) is 53.9 Å². The van der Waals surface area contributed by atoms with Crippen molar-refractivity contribution in [2.24, 2.45) is 0 Å². The second-order valence-electron chi connectivity index (χ2n) is 6.80. The molecule has 3 aromatic rings.